The molecule has 2 rings (SSSR count). The van der Waals surface area contributed by atoms with Crippen LogP contribution < -0.4 is 15.4 Å². The van der Waals surface area contributed by atoms with Crippen LogP contribution in [0.5, 0.6) is 5.75 Å². The minimum atomic E-state index is -0.277. The predicted octanol–water partition coefficient (Wildman–Crippen LogP) is 4.23. The first kappa shape index (κ1) is 15.2. The van der Waals surface area contributed by atoms with E-state index in [1.807, 2.05) is 31.2 Å². The van der Waals surface area contributed by atoms with Crippen LogP contribution in [0.1, 0.15) is 18.5 Å². The minimum Gasteiger partial charge on any atom is -0.497 e. The van der Waals surface area contributed by atoms with Gasteiger partial charge in [-0.3, -0.25) is 0 Å². The lowest BCUT2D eigenvalue weighted by Gasteiger charge is -2.15. The van der Waals surface area contributed by atoms with E-state index in [0.29, 0.717) is 10.7 Å². The highest BCUT2D eigenvalue weighted by Crippen LogP contribution is 2.18. The van der Waals surface area contributed by atoms with E-state index in [-0.39, 0.29) is 12.1 Å². The summed E-state index contributed by atoms with van der Waals surface area (Å²) in [6.07, 6.45) is 0. The maximum Gasteiger partial charge on any atom is 0.319 e. The number of halogens is 1. The average Bonchev–Trinajstić information content (AvgIpc) is 2.47. The highest BCUT2D eigenvalue weighted by molar-refractivity contribution is 6.30. The first-order valence-corrected chi connectivity index (χ1v) is 6.93. The molecule has 0 aromatic heterocycles. The van der Waals surface area contributed by atoms with Gasteiger partial charge in [-0.1, -0.05) is 29.8 Å². The third-order valence-corrected chi connectivity index (χ3v) is 3.28. The number of carbonyl (C=O) groups excluding carboxylic acids is 1. The summed E-state index contributed by atoms with van der Waals surface area (Å²) in [5.74, 6) is 0.786. The van der Waals surface area contributed by atoms with Gasteiger partial charge in [0, 0.05) is 10.7 Å². The van der Waals surface area contributed by atoms with Gasteiger partial charge in [0.1, 0.15) is 5.75 Å². The largest absolute Gasteiger partial charge is 0.497 e. The molecule has 0 unspecified atom stereocenters. The van der Waals surface area contributed by atoms with E-state index in [4.69, 9.17) is 16.3 Å². The normalized spacial score (nSPS) is 11.6. The zero-order chi connectivity index (χ0) is 15.2. The second kappa shape index (κ2) is 6.99. The Labute approximate surface area is 129 Å². The van der Waals surface area contributed by atoms with Gasteiger partial charge in [0.15, 0.2) is 0 Å². The first-order valence-electron chi connectivity index (χ1n) is 6.55. The number of benzene rings is 2. The van der Waals surface area contributed by atoms with E-state index in [0.717, 1.165) is 11.3 Å². The Hall–Kier alpha value is -2.20. The molecule has 0 aliphatic carbocycles. The van der Waals surface area contributed by atoms with Crippen molar-refractivity contribution in [2.75, 3.05) is 12.4 Å². The second-order valence-electron chi connectivity index (χ2n) is 4.60. The van der Waals surface area contributed by atoms with Crippen molar-refractivity contribution >= 4 is 23.3 Å². The molecule has 2 amide bonds. The molecule has 0 heterocycles. The standard InChI is InChI=1S/C16H17ClN2O2/c1-11(12-6-8-15(21-2)9-7-12)18-16(20)19-14-5-3-4-13(17)10-14/h3-11H,1-2H3,(H2,18,19,20)/t11-/m1/s1. The molecule has 0 aliphatic heterocycles. The molecule has 0 saturated heterocycles. The van der Waals surface area contributed by atoms with Crippen molar-refractivity contribution in [3.05, 3.63) is 59.1 Å². The van der Waals surface area contributed by atoms with Crippen molar-refractivity contribution in [2.24, 2.45) is 0 Å². The third-order valence-electron chi connectivity index (χ3n) is 3.05. The molecular formula is C16H17ClN2O2. The fourth-order valence-electron chi connectivity index (χ4n) is 1.91. The van der Waals surface area contributed by atoms with Crippen molar-refractivity contribution in [2.45, 2.75) is 13.0 Å². The molecule has 4 nitrogen and oxygen atoms in total. The highest BCUT2D eigenvalue weighted by Gasteiger charge is 2.09. The van der Waals surface area contributed by atoms with Gasteiger partial charge in [0.2, 0.25) is 0 Å². The van der Waals surface area contributed by atoms with Crippen molar-refractivity contribution in [1.82, 2.24) is 5.32 Å². The Morgan fingerprint density at radius 1 is 1.19 bits per heavy atom. The lowest BCUT2D eigenvalue weighted by Crippen LogP contribution is -2.31. The SMILES string of the molecule is COc1ccc([C@@H](C)NC(=O)Nc2cccc(Cl)c2)cc1. The summed E-state index contributed by atoms with van der Waals surface area (Å²) in [4.78, 5) is 11.9. The molecular weight excluding hydrogens is 288 g/mol. The van der Waals surface area contributed by atoms with Crippen LogP contribution in [-0.2, 0) is 0 Å². The number of anilines is 1. The summed E-state index contributed by atoms with van der Waals surface area (Å²) in [6, 6.07) is 14.2. The average molecular weight is 305 g/mol. The van der Waals surface area contributed by atoms with Crippen molar-refractivity contribution < 1.29 is 9.53 Å². The maximum absolute atomic E-state index is 11.9. The fourth-order valence-corrected chi connectivity index (χ4v) is 2.10. The Bertz CT molecular complexity index is 614. The van der Waals surface area contributed by atoms with Gasteiger partial charge < -0.3 is 15.4 Å². The number of urea groups is 1. The number of hydrogen-bond donors (Lipinski definition) is 2. The van der Waals surface area contributed by atoms with E-state index in [1.165, 1.54) is 0 Å². The van der Waals surface area contributed by atoms with Crippen molar-refractivity contribution in [3.8, 4) is 5.75 Å². The number of nitrogens with one attached hydrogen (secondary N) is 2. The minimum absolute atomic E-state index is 0.116. The monoisotopic (exact) mass is 304 g/mol. The van der Waals surface area contributed by atoms with Crippen LogP contribution in [0.3, 0.4) is 0 Å². The van der Waals surface area contributed by atoms with Gasteiger partial charge in [0.05, 0.1) is 13.2 Å². The molecule has 0 spiro atoms. The number of rotatable bonds is 4. The zero-order valence-electron chi connectivity index (χ0n) is 11.9. The van der Waals surface area contributed by atoms with Crippen LogP contribution in [0.25, 0.3) is 0 Å². The predicted molar refractivity (Wildman–Crippen MR) is 85.0 cm³/mol. The number of ether oxygens (including phenoxy) is 1. The number of amides is 2. The summed E-state index contributed by atoms with van der Waals surface area (Å²) >= 11 is 5.87. The fraction of sp³-hybridized carbons (Fsp3) is 0.188. The smallest absolute Gasteiger partial charge is 0.319 e. The highest BCUT2D eigenvalue weighted by atomic mass is 35.5. The van der Waals surface area contributed by atoms with Gasteiger partial charge >= 0.3 is 6.03 Å². The second-order valence-corrected chi connectivity index (χ2v) is 5.04. The van der Waals surface area contributed by atoms with Gasteiger partial charge in [-0.05, 0) is 42.8 Å². The van der Waals surface area contributed by atoms with Crippen LogP contribution in [0, 0.1) is 0 Å². The van der Waals surface area contributed by atoms with Crippen LogP contribution in [-0.4, -0.2) is 13.1 Å². The van der Waals surface area contributed by atoms with E-state index < -0.39 is 0 Å². The Morgan fingerprint density at radius 2 is 1.90 bits per heavy atom. The Balaban J connectivity index is 1.95. The Morgan fingerprint density at radius 3 is 2.52 bits per heavy atom. The first-order chi connectivity index (χ1) is 10.1. The summed E-state index contributed by atoms with van der Waals surface area (Å²) in [6.45, 7) is 1.92. The summed E-state index contributed by atoms with van der Waals surface area (Å²) in [7, 11) is 1.62. The molecule has 0 aliphatic rings. The van der Waals surface area contributed by atoms with E-state index >= 15 is 0 Å². The molecule has 110 valence electrons. The summed E-state index contributed by atoms with van der Waals surface area (Å²) < 4.78 is 5.11. The molecule has 0 saturated carbocycles. The van der Waals surface area contributed by atoms with E-state index in [9.17, 15) is 4.79 Å². The van der Waals surface area contributed by atoms with Gasteiger partial charge in [-0.25, -0.2) is 4.79 Å². The Kier molecular flexibility index (Phi) is 5.06. The van der Waals surface area contributed by atoms with Crippen LogP contribution in [0.2, 0.25) is 5.02 Å². The lowest BCUT2D eigenvalue weighted by atomic mass is 10.1. The van der Waals surface area contributed by atoms with Crippen LogP contribution in [0.15, 0.2) is 48.5 Å². The molecule has 5 heteroatoms. The molecule has 0 bridgehead atoms. The molecule has 2 aromatic carbocycles. The number of methoxy groups -OCH3 is 1. The molecule has 1 atom stereocenters. The topological polar surface area (TPSA) is 50.4 Å². The zero-order valence-corrected chi connectivity index (χ0v) is 12.6. The molecule has 0 radical (unpaired) electrons. The number of hydrogen-bond acceptors (Lipinski definition) is 2. The van der Waals surface area contributed by atoms with Gasteiger partial charge in [0.25, 0.3) is 0 Å². The van der Waals surface area contributed by atoms with E-state index in [2.05, 4.69) is 10.6 Å². The van der Waals surface area contributed by atoms with Crippen molar-refractivity contribution in [3.63, 3.8) is 0 Å². The third kappa shape index (κ3) is 4.39. The molecule has 2 N–H and O–H groups in total. The van der Waals surface area contributed by atoms with Gasteiger partial charge in [-0.15, -0.1) is 0 Å². The molecule has 0 fully saturated rings. The molecule has 21 heavy (non-hydrogen) atoms. The summed E-state index contributed by atoms with van der Waals surface area (Å²) in [5.41, 5.74) is 1.65. The number of carbonyl (C=O) groups is 1. The summed E-state index contributed by atoms with van der Waals surface area (Å²) in [5, 5.41) is 6.19. The van der Waals surface area contributed by atoms with Crippen LogP contribution in [0.4, 0.5) is 10.5 Å². The van der Waals surface area contributed by atoms with Gasteiger partial charge in [-0.2, -0.15) is 0 Å². The van der Waals surface area contributed by atoms with E-state index in [1.54, 1.807) is 31.4 Å². The lowest BCUT2D eigenvalue weighted by molar-refractivity contribution is 0.249. The maximum atomic E-state index is 11.9. The van der Waals surface area contributed by atoms with Crippen molar-refractivity contribution in [1.29, 1.82) is 0 Å². The van der Waals surface area contributed by atoms with Crippen LogP contribution >= 0.6 is 11.6 Å². The quantitative estimate of drug-likeness (QED) is 0.888. The molecule has 2 aromatic rings.